The summed E-state index contributed by atoms with van der Waals surface area (Å²) in [5, 5.41) is 10.7. The molecule has 1 aromatic rings. The number of anilines is 1. The van der Waals surface area contributed by atoms with Gasteiger partial charge in [-0.3, -0.25) is 14.4 Å². The van der Waals surface area contributed by atoms with Gasteiger partial charge >= 0.3 is 0 Å². The molecule has 5 rings (SSSR count). The SMILES string of the molecule is C=CCN(C(=O)[C@@H]1[C@H]2C(=O)N([C@@H](CO)[C@@H](C)CC)C(C(=O)N(CC=C)C3CCCCC3)C23CC[C@@]1(C)S3)c1ccccc1. The van der Waals surface area contributed by atoms with Crippen molar-refractivity contribution in [2.24, 2.45) is 17.8 Å². The van der Waals surface area contributed by atoms with Crippen LogP contribution in [-0.2, 0) is 14.4 Å². The molecule has 1 spiro atoms. The van der Waals surface area contributed by atoms with Crippen molar-refractivity contribution in [2.45, 2.75) is 99.8 Å². The predicted molar refractivity (Wildman–Crippen MR) is 174 cm³/mol. The molecule has 4 aliphatic rings. The first-order valence-corrected chi connectivity index (χ1v) is 17.0. The lowest BCUT2D eigenvalue weighted by Gasteiger charge is -2.43. The van der Waals surface area contributed by atoms with Gasteiger partial charge in [-0.05, 0) is 50.7 Å². The van der Waals surface area contributed by atoms with E-state index in [4.69, 9.17) is 0 Å². The first kappa shape index (κ1) is 31.8. The van der Waals surface area contributed by atoms with Crippen molar-refractivity contribution in [1.82, 2.24) is 9.80 Å². The van der Waals surface area contributed by atoms with Gasteiger partial charge in [0, 0.05) is 29.6 Å². The number of para-hydroxylation sites is 1. The predicted octanol–water partition coefficient (Wildman–Crippen LogP) is 5.44. The average Bonchev–Trinajstić information content (AvgIpc) is 3.60. The van der Waals surface area contributed by atoms with Crippen molar-refractivity contribution in [3.63, 3.8) is 0 Å². The molecule has 3 heterocycles. The standard InChI is InChI=1S/C35H49N3O4S/c1-6-21-36(25-15-11-9-12-16-25)31(40)28-29-32(41)38(27(23-39)24(4)8-3)30(35(29)20-19-34(28,5)43-35)33(42)37(22-7-2)26-17-13-10-14-18-26/h6-7,9,11-12,15-16,24,26-30,39H,1-2,8,10,13-14,17-23H2,3-5H3/t24-,27-,28-,29-,30?,34+,35?/m0/s1. The van der Waals surface area contributed by atoms with Crippen molar-refractivity contribution in [2.75, 3.05) is 24.6 Å². The number of likely N-dealkylation sites (tertiary alicyclic amines) is 1. The van der Waals surface area contributed by atoms with E-state index < -0.39 is 33.4 Å². The minimum absolute atomic E-state index is 0.00414. The molecule has 0 radical (unpaired) electrons. The van der Waals surface area contributed by atoms with E-state index >= 15 is 0 Å². The molecule has 2 unspecified atom stereocenters. The van der Waals surface area contributed by atoms with Gasteiger partial charge in [-0.25, -0.2) is 0 Å². The summed E-state index contributed by atoms with van der Waals surface area (Å²) in [4.78, 5) is 49.9. The average molecular weight is 608 g/mol. The molecule has 0 aromatic heterocycles. The summed E-state index contributed by atoms with van der Waals surface area (Å²) < 4.78 is -1.20. The largest absolute Gasteiger partial charge is 0.394 e. The van der Waals surface area contributed by atoms with Crippen molar-refractivity contribution >= 4 is 35.2 Å². The van der Waals surface area contributed by atoms with Gasteiger partial charge in [0.1, 0.15) is 6.04 Å². The summed E-state index contributed by atoms with van der Waals surface area (Å²) in [5.41, 5.74) is 0.773. The highest BCUT2D eigenvalue weighted by atomic mass is 32.2. The topological polar surface area (TPSA) is 81.2 Å². The monoisotopic (exact) mass is 607 g/mol. The van der Waals surface area contributed by atoms with Crippen molar-refractivity contribution in [3.8, 4) is 0 Å². The smallest absolute Gasteiger partial charge is 0.247 e. The lowest BCUT2D eigenvalue weighted by atomic mass is 9.66. The van der Waals surface area contributed by atoms with Crippen LogP contribution in [0.1, 0.15) is 72.1 Å². The second kappa shape index (κ2) is 12.8. The molecule has 3 saturated heterocycles. The second-order valence-electron chi connectivity index (χ2n) is 13.3. The Morgan fingerprint density at radius 3 is 2.37 bits per heavy atom. The maximum absolute atomic E-state index is 15.0. The Bertz CT molecular complexity index is 1220. The van der Waals surface area contributed by atoms with Gasteiger partial charge in [-0.15, -0.1) is 24.9 Å². The first-order chi connectivity index (χ1) is 20.7. The van der Waals surface area contributed by atoms with E-state index in [-0.39, 0.29) is 36.3 Å². The van der Waals surface area contributed by atoms with Gasteiger partial charge in [-0.2, -0.15) is 0 Å². The van der Waals surface area contributed by atoms with E-state index in [9.17, 15) is 19.5 Å². The highest BCUT2D eigenvalue weighted by Crippen LogP contribution is 2.72. The maximum Gasteiger partial charge on any atom is 0.247 e. The van der Waals surface area contributed by atoms with Crippen molar-refractivity contribution in [1.29, 1.82) is 0 Å². The molecule has 1 saturated carbocycles. The molecule has 234 valence electrons. The normalized spacial score (nSPS) is 31.4. The Morgan fingerprint density at radius 2 is 1.77 bits per heavy atom. The Kier molecular flexibility index (Phi) is 9.48. The molecule has 3 amide bonds. The molecular formula is C35H49N3O4S. The minimum atomic E-state index is -0.729. The Hall–Kier alpha value is -2.58. The lowest BCUT2D eigenvalue weighted by molar-refractivity contribution is -0.148. The quantitative estimate of drug-likeness (QED) is 0.320. The zero-order valence-electron chi connectivity index (χ0n) is 26.1. The Balaban J connectivity index is 1.61. The minimum Gasteiger partial charge on any atom is -0.394 e. The van der Waals surface area contributed by atoms with Gasteiger partial charge in [-0.1, -0.05) is 69.9 Å². The molecule has 7 nitrogen and oxygen atoms in total. The van der Waals surface area contributed by atoms with E-state index in [1.807, 2.05) is 42.2 Å². The van der Waals surface area contributed by atoms with Crippen molar-refractivity contribution < 1.29 is 19.5 Å². The zero-order chi connectivity index (χ0) is 30.9. The van der Waals surface area contributed by atoms with E-state index in [1.165, 1.54) is 6.42 Å². The highest BCUT2D eigenvalue weighted by Gasteiger charge is 2.78. The molecule has 3 aliphatic heterocycles. The summed E-state index contributed by atoms with van der Waals surface area (Å²) in [5.74, 6) is -1.51. The van der Waals surface area contributed by atoms with Crippen LogP contribution in [0.5, 0.6) is 0 Å². The van der Waals surface area contributed by atoms with Crippen LogP contribution in [0.15, 0.2) is 55.6 Å². The number of hydrogen-bond acceptors (Lipinski definition) is 5. The number of benzene rings is 1. The number of amides is 3. The number of hydrogen-bond donors (Lipinski definition) is 1. The Morgan fingerprint density at radius 1 is 1.09 bits per heavy atom. The van der Waals surface area contributed by atoms with Crippen LogP contribution in [0.2, 0.25) is 0 Å². The third-order valence-corrected chi connectivity index (χ3v) is 12.8. The number of thioether (sulfide) groups is 1. The lowest BCUT2D eigenvalue weighted by Crippen LogP contribution is -2.60. The molecule has 1 N–H and O–H groups in total. The Labute approximate surface area is 261 Å². The van der Waals surface area contributed by atoms with Gasteiger partial charge in [0.15, 0.2) is 0 Å². The zero-order valence-corrected chi connectivity index (χ0v) is 26.9. The highest BCUT2D eigenvalue weighted by molar-refractivity contribution is 8.02. The first-order valence-electron chi connectivity index (χ1n) is 16.2. The fraction of sp³-hybridized carbons (Fsp3) is 0.629. The van der Waals surface area contributed by atoms with Crippen LogP contribution in [0.4, 0.5) is 5.69 Å². The van der Waals surface area contributed by atoms with E-state index in [0.717, 1.165) is 44.2 Å². The van der Waals surface area contributed by atoms with Crippen LogP contribution >= 0.6 is 11.8 Å². The molecule has 1 aromatic carbocycles. The molecule has 4 fully saturated rings. The summed E-state index contributed by atoms with van der Waals surface area (Å²) in [7, 11) is 0. The summed E-state index contributed by atoms with van der Waals surface area (Å²) >= 11 is 1.70. The molecular weight excluding hydrogens is 558 g/mol. The number of aliphatic hydroxyl groups excluding tert-OH is 1. The molecule has 1 aliphatic carbocycles. The van der Waals surface area contributed by atoms with Gasteiger partial charge < -0.3 is 19.8 Å². The summed E-state index contributed by atoms with van der Waals surface area (Å²) in [6.45, 7) is 14.6. The number of carbonyl (C=O) groups excluding carboxylic acids is 3. The summed E-state index contributed by atoms with van der Waals surface area (Å²) in [6.07, 6.45) is 11.0. The fourth-order valence-corrected chi connectivity index (χ4v) is 10.9. The number of fused-ring (bicyclic) bond motifs is 1. The van der Waals surface area contributed by atoms with E-state index in [0.29, 0.717) is 19.5 Å². The maximum atomic E-state index is 15.0. The van der Waals surface area contributed by atoms with E-state index in [2.05, 4.69) is 27.0 Å². The number of aliphatic hydroxyl groups is 1. The summed E-state index contributed by atoms with van der Waals surface area (Å²) in [6, 6.07) is 8.45. The number of carbonyl (C=O) groups is 3. The van der Waals surface area contributed by atoms with Crippen LogP contribution in [0, 0.1) is 17.8 Å². The van der Waals surface area contributed by atoms with Gasteiger partial charge in [0.2, 0.25) is 17.7 Å². The van der Waals surface area contributed by atoms with E-state index in [1.54, 1.807) is 33.7 Å². The molecule has 43 heavy (non-hydrogen) atoms. The third-order valence-electron chi connectivity index (χ3n) is 10.8. The molecule has 2 bridgehead atoms. The van der Waals surface area contributed by atoms with Crippen LogP contribution < -0.4 is 4.90 Å². The third kappa shape index (κ3) is 5.26. The number of rotatable bonds is 12. The van der Waals surface area contributed by atoms with Crippen LogP contribution in [0.3, 0.4) is 0 Å². The van der Waals surface area contributed by atoms with Crippen LogP contribution in [-0.4, -0.2) is 79.9 Å². The van der Waals surface area contributed by atoms with Crippen molar-refractivity contribution in [3.05, 3.63) is 55.6 Å². The molecule has 8 heteroatoms. The second-order valence-corrected chi connectivity index (χ2v) is 15.1. The molecule has 7 atom stereocenters. The number of nitrogens with zero attached hydrogens (tertiary/aromatic N) is 3. The van der Waals surface area contributed by atoms with Gasteiger partial charge in [0.05, 0.1) is 29.2 Å². The van der Waals surface area contributed by atoms with Gasteiger partial charge in [0.25, 0.3) is 0 Å². The van der Waals surface area contributed by atoms with Crippen LogP contribution in [0.25, 0.3) is 0 Å². The fourth-order valence-electron chi connectivity index (χ4n) is 8.53.